The van der Waals surface area contributed by atoms with Gasteiger partial charge in [0.05, 0.1) is 5.69 Å². The van der Waals surface area contributed by atoms with E-state index in [1.165, 1.54) is 78.4 Å². The molecule has 4 heteroatoms. The van der Waals surface area contributed by atoms with Crippen LogP contribution in [0.5, 0.6) is 0 Å². The van der Waals surface area contributed by atoms with E-state index in [1.807, 2.05) is 28.9 Å². The first-order valence-corrected chi connectivity index (χ1v) is 20.9. The second-order valence-electron chi connectivity index (χ2n) is 14.8. The Kier molecular flexibility index (Phi) is 7.31. The predicted molar refractivity (Wildman–Crippen MR) is 248 cm³/mol. The van der Waals surface area contributed by atoms with Crippen molar-refractivity contribution >= 4 is 112 Å². The molecular weight excluding hydrogens is 729 g/mol. The van der Waals surface area contributed by atoms with Gasteiger partial charge in [0, 0.05) is 74.6 Å². The zero-order chi connectivity index (χ0) is 37.5. The van der Waals surface area contributed by atoms with Gasteiger partial charge >= 0.3 is 0 Å². The summed E-state index contributed by atoms with van der Waals surface area (Å²) in [5.74, 6) is 0. The van der Waals surface area contributed by atoms with E-state index in [0.717, 1.165) is 33.7 Å². The quantitative estimate of drug-likeness (QED) is 0.174. The van der Waals surface area contributed by atoms with Crippen molar-refractivity contribution < 1.29 is 0 Å². The van der Waals surface area contributed by atoms with Gasteiger partial charge in [-0.3, -0.25) is 4.98 Å². The minimum Gasteiger partial charge on any atom is -0.310 e. The van der Waals surface area contributed by atoms with Crippen molar-refractivity contribution in [2.75, 3.05) is 4.90 Å². The van der Waals surface area contributed by atoms with E-state index in [2.05, 4.69) is 193 Å². The van der Waals surface area contributed by atoms with E-state index in [-0.39, 0.29) is 0 Å². The molecule has 9 aromatic carbocycles. The first kappa shape index (κ1) is 32.4. The lowest BCUT2D eigenvalue weighted by molar-refractivity contribution is 1.30. The summed E-state index contributed by atoms with van der Waals surface area (Å²) < 4.78 is 5.21. The Labute approximate surface area is 337 Å². The second kappa shape index (κ2) is 12.9. The normalized spacial score (nSPS) is 11.9. The fourth-order valence-corrected chi connectivity index (χ4v) is 11.0. The molecule has 12 aromatic rings. The highest BCUT2D eigenvalue weighted by molar-refractivity contribution is 7.26. The molecule has 0 saturated carbocycles. The van der Waals surface area contributed by atoms with Crippen LogP contribution in [0, 0.1) is 0 Å². The minimum atomic E-state index is 0.985. The zero-order valence-corrected chi connectivity index (χ0v) is 32.3. The van der Waals surface area contributed by atoms with Crippen LogP contribution in [0.25, 0.3) is 95.0 Å². The van der Waals surface area contributed by atoms with Gasteiger partial charge in [-0.15, -0.1) is 22.7 Å². The van der Waals surface area contributed by atoms with Crippen molar-refractivity contribution in [3.63, 3.8) is 0 Å². The van der Waals surface area contributed by atoms with E-state index >= 15 is 0 Å². The lowest BCUT2D eigenvalue weighted by atomic mass is 10.0. The zero-order valence-electron chi connectivity index (χ0n) is 30.7. The summed E-state index contributed by atoms with van der Waals surface area (Å²) in [6.07, 6.45) is 1.96. The Balaban J connectivity index is 0.968. The molecule has 0 atom stereocenters. The summed E-state index contributed by atoms with van der Waals surface area (Å²) in [6, 6.07) is 68.9. The van der Waals surface area contributed by atoms with E-state index < -0.39 is 0 Å². The lowest BCUT2D eigenvalue weighted by Gasteiger charge is -2.26. The summed E-state index contributed by atoms with van der Waals surface area (Å²) in [5, 5.41) is 12.8. The van der Waals surface area contributed by atoms with Crippen molar-refractivity contribution in [3.05, 3.63) is 194 Å². The van der Waals surface area contributed by atoms with Crippen LogP contribution in [0.1, 0.15) is 0 Å². The summed E-state index contributed by atoms with van der Waals surface area (Å²) >= 11 is 3.75. The first-order valence-electron chi connectivity index (χ1n) is 19.3. The maximum Gasteiger partial charge on any atom is 0.0708 e. The number of fused-ring (bicyclic) bond motifs is 11. The first-order chi connectivity index (χ1) is 28.2. The molecular formula is C53H32N2S2. The summed E-state index contributed by atoms with van der Waals surface area (Å²) in [6.45, 7) is 0. The number of aromatic nitrogens is 1. The predicted octanol–water partition coefficient (Wildman–Crippen LogP) is 16.1. The molecule has 0 aliphatic rings. The fourth-order valence-electron chi connectivity index (χ4n) is 8.67. The number of anilines is 3. The molecule has 0 aliphatic carbocycles. The average molecular weight is 761 g/mol. The van der Waals surface area contributed by atoms with Crippen LogP contribution in [0.15, 0.2) is 194 Å². The third-order valence-electron chi connectivity index (χ3n) is 11.5. The minimum absolute atomic E-state index is 0.985. The van der Waals surface area contributed by atoms with Crippen LogP contribution in [-0.4, -0.2) is 4.98 Å². The van der Waals surface area contributed by atoms with E-state index in [1.54, 1.807) is 0 Å². The maximum atomic E-state index is 4.75. The van der Waals surface area contributed by atoms with Crippen molar-refractivity contribution in [1.82, 2.24) is 4.98 Å². The van der Waals surface area contributed by atoms with Gasteiger partial charge in [-0.05, 0) is 92.7 Å². The molecule has 57 heavy (non-hydrogen) atoms. The lowest BCUT2D eigenvalue weighted by Crippen LogP contribution is -2.09. The number of hydrogen-bond donors (Lipinski definition) is 0. The molecule has 2 nitrogen and oxygen atoms in total. The SMILES string of the molecule is c1ccc2cc(-c3ccc(-c4ccc(N(c5ccc6c(c5)sc5ccc7ccccc7c56)c5ccc6c(c5)sc5ccc7ccccc7c56)cc4)cc3)ncc2c1. The van der Waals surface area contributed by atoms with E-state index in [4.69, 9.17) is 4.98 Å². The molecule has 0 amide bonds. The van der Waals surface area contributed by atoms with Gasteiger partial charge in [-0.25, -0.2) is 0 Å². The second-order valence-corrected chi connectivity index (χ2v) is 16.9. The monoisotopic (exact) mass is 760 g/mol. The van der Waals surface area contributed by atoms with Crippen LogP contribution < -0.4 is 4.90 Å². The third kappa shape index (κ3) is 5.33. The topological polar surface area (TPSA) is 16.1 Å². The molecule has 3 aromatic heterocycles. The van der Waals surface area contributed by atoms with E-state index in [9.17, 15) is 0 Å². The van der Waals surface area contributed by atoms with Crippen LogP contribution >= 0.6 is 22.7 Å². The van der Waals surface area contributed by atoms with Gasteiger partial charge in [0.25, 0.3) is 0 Å². The van der Waals surface area contributed by atoms with Crippen molar-refractivity contribution in [2.45, 2.75) is 0 Å². The Morgan fingerprint density at radius 3 is 1.39 bits per heavy atom. The smallest absolute Gasteiger partial charge is 0.0708 e. The molecule has 0 aliphatic heterocycles. The molecule has 0 fully saturated rings. The van der Waals surface area contributed by atoms with Crippen molar-refractivity contribution in [3.8, 4) is 22.4 Å². The Morgan fingerprint density at radius 1 is 0.333 bits per heavy atom. The highest BCUT2D eigenvalue weighted by Crippen LogP contribution is 2.45. The maximum absolute atomic E-state index is 4.75. The molecule has 266 valence electrons. The molecule has 3 heterocycles. The third-order valence-corrected chi connectivity index (χ3v) is 13.7. The van der Waals surface area contributed by atoms with Crippen molar-refractivity contribution in [2.24, 2.45) is 0 Å². The average Bonchev–Trinajstić information content (AvgIpc) is 3.85. The Hall–Kier alpha value is -6.85. The van der Waals surface area contributed by atoms with Gasteiger partial charge in [-0.1, -0.05) is 133 Å². The molecule has 0 unspecified atom stereocenters. The molecule has 0 saturated heterocycles. The summed E-state index contributed by atoms with van der Waals surface area (Å²) in [7, 11) is 0. The molecule has 0 radical (unpaired) electrons. The van der Waals surface area contributed by atoms with Gasteiger partial charge in [0.1, 0.15) is 0 Å². The molecule has 12 rings (SSSR count). The molecule has 0 bridgehead atoms. The van der Waals surface area contributed by atoms with Gasteiger partial charge in [0.2, 0.25) is 0 Å². The van der Waals surface area contributed by atoms with Crippen LogP contribution in [0.3, 0.4) is 0 Å². The molecule has 0 spiro atoms. The number of nitrogens with zero attached hydrogens (tertiary/aromatic N) is 2. The Morgan fingerprint density at radius 2 is 0.807 bits per heavy atom. The summed E-state index contributed by atoms with van der Waals surface area (Å²) in [4.78, 5) is 7.17. The number of hydrogen-bond acceptors (Lipinski definition) is 4. The van der Waals surface area contributed by atoms with Gasteiger partial charge in [-0.2, -0.15) is 0 Å². The van der Waals surface area contributed by atoms with Crippen LogP contribution in [-0.2, 0) is 0 Å². The number of benzene rings is 9. The molecule has 0 N–H and O–H groups in total. The Bertz CT molecular complexity index is 3370. The number of rotatable bonds is 5. The van der Waals surface area contributed by atoms with Gasteiger partial charge in [0.15, 0.2) is 0 Å². The van der Waals surface area contributed by atoms with Crippen LogP contribution in [0.4, 0.5) is 17.1 Å². The van der Waals surface area contributed by atoms with E-state index in [0.29, 0.717) is 0 Å². The van der Waals surface area contributed by atoms with Gasteiger partial charge < -0.3 is 4.90 Å². The largest absolute Gasteiger partial charge is 0.310 e. The van der Waals surface area contributed by atoms with Crippen LogP contribution in [0.2, 0.25) is 0 Å². The number of pyridine rings is 1. The highest BCUT2D eigenvalue weighted by atomic mass is 32.1. The standard InChI is InChI=1S/C53H32N2S2/c1-2-10-39-32-54-47(29-38(39)9-1)37-15-13-33(14-16-37)34-17-21-40(22-18-34)55(41-23-25-45-50(30-41)56-48-27-19-35-7-3-5-11-43(35)52(45)48)42-24-26-46-51(31-42)57-49-28-20-36-8-4-6-12-44(36)53(46)49/h1-32H. The summed E-state index contributed by atoms with van der Waals surface area (Å²) in [5.41, 5.74) is 7.85. The highest BCUT2D eigenvalue weighted by Gasteiger charge is 2.18. The number of thiophene rings is 2. The fraction of sp³-hybridized carbons (Fsp3) is 0. The van der Waals surface area contributed by atoms with Crippen molar-refractivity contribution in [1.29, 1.82) is 0 Å².